The lowest BCUT2D eigenvalue weighted by molar-refractivity contribution is 0.681. The van der Waals surface area contributed by atoms with Gasteiger partial charge in [0, 0.05) is 35.3 Å². The van der Waals surface area contributed by atoms with Gasteiger partial charge in [-0.15, -0.1) is 22.7 Å². The summed E-state index contributed by atoms with van der Waals surface area (Å²) in [5, 5.41) is 3.91. The molecular formula is C18H18ClN5OS3. The second-order valence-electron chi connectivity index (χ2n) is 6.25. The van der Waals surface area contributed by atoms with Crippen molar-refractivity contribution in [2.45, 2.75) is 24.0 Å². The molecule has 0 bridgehead atoms. The van der Waals surface area contributed by atoms with Gasteiger partial charge in [0.25, 0.3) is 0 Å². The molecule has 146 valence electrons. The third-order valence-electron chi connectivity index (χ3n) is 4.41. The van der Waals surface area contributed by atoms with E-state index in [0.717, 1.165) is 45.0 Å². The first-order valence-electron chi connectivity index (χ1n) is 8.70. The summed E-state index contributed by atoms with van der Waals surface area (Å²) in [5.74, 6) is 0.597. The lowest BCUT2D eigenvalue weighted by atomic mass is 10.1. The van der Waals surface area contributed by atoms with Crippen LogP contribution in [0.2, 0.25) is 5.28 Å². The van der Waals surface area contributed by atoms with E-state index in [1.54, 1.807) is 17.0 Å². The molecule has 4 heterocycles. The first kappa shape index (κ1) is 19.5. The molecule has 4 rings (SSSR count). The summed E-state index contributed by atoms with van der Waals surface area (Å²) < 4.78 is 15.3. The van der Waals surface area contributed by atoms with E-state index in [4.69, 9.17) is 22.3 Å². The van der Waals surface area contributed by atoms with Crippen LogP contribution in [0.1, 0.15) is 19.8 Å². The van der Waals surface area contributed by atoms with Crippen molar-refractivity contribution < 1.29 is 4.21 Å². The molecule has 0 aromatic carbocycles. The molecule has 6 nitrogen and oxygen atoms in total. The van der Waals surface area contributed by atoms with Crippen LogP contribution in [0.5, 0.6) is 0 Å². The molecular weight excluding hydrogens is 434 g/mol. The molecule has 0 aliphatic rings. The molecule has 0 amide bonds. The number of hydrogen-bond acceptors (Lipinski definition) is 7. The van der Waals surface area contributed by atoms with E-state index >= 15 is 0 Å². The van der Waals surface area contributed by atoms with Gasteiger partial charge in [0.05, 0.1) is 28.4 Å². The number of nitrogens with two attached hydrogens (primary N) is 1. The van der Waals surface area contributed by atoms with E-state index in [2.05, 4.69) is 16.9 Å². The number of thiophene rings is 1. The van der Waals surface area contributed by atoms with Crippen LogP contribution in [0, 0.1) is 0 Å². The Balaban J connectivity index is 1.98. The van der Waals surface area contributed by atoms with Gasteiger partial charge in [-0.05, 0) is 24.1 Å². The van der Waals surface area contributed by atoms with Crippen LogP contribution in [-0.2, 0) is 17.8 Å². The zero-order chi connectivity index (χ0) is 19.8. The fourth-order valence-corrected chi connectivity index (χ4v) is 6.47. The Morgan fingerprint density at radius 1 is 1.36 bits per heavy atom. The van der Waals surface area contributed by atoms with Crippen molar-refractivity contribution in [3.63, 3.8) is 0 Å². The Bertz CT molecular complexity index is 1170. The summed E-state index contributed by atoms with van der Waals surface area (Å²) in [6.45, 7) is 2.08. The summed E-state index contributed by atoms with van der Waals surface area (Å²) in [5.41, 5.74) is 9.45. The monoisotopic (exact) mass is 451 g/mol. The maximum atomic E-state index is 12.8. The SMILES string of the molecule is CCCCS(=O)c1sc2nc(-c3nccs3)cc(-c3cnc(Cl)n3C)c2c1N. The third kappa shape index (κ3) is 3.36. The van der Waals surface area contributed by atoms with Crippen molar-refractivity contribution >= 4 is 61.0 Å². The summed E-state index contributed by atoms with van der Waals surface area (Å²) in [7, 11) is 0.706. The molecule has 4 aromatic rings. The van der Waals surface area contributed by atoms with Gasteiger partial charge in [-0.25, -0.2) is 15.0 Å². The van der Waals surface area contributed by atoms with Crippen molar-refractivity contribution in [2.75, 3.05) is 11.5 Å². The predicted molar refractivity (Wildman–Crippen MR) is 119 cm³/mol. The number of halogens is 1. The van der Waals surface area contributed by atoms with Gasteiger partial charge >= 0.3 is 0 Å². The van der Waals surface area contributed by atoms with Gasteiger partial charge in [-0.3, -0.25) is 4.21 Å². The van der Waals surface area contributed by atoms with Gasteiger partial charge in [-0.1, -0.05) is 13.3 Å². The van der Waals surface area contributed by atoms with Crippen molar-refractivity contribution in [3.8, 4) is 22.0 Å². The van der Waals surface area contributed by atoms with E-state index in [9.17, 15) is 4.21 Å². The molecule has 10 heteroatoms. The normalized spacial score (nSPS) is 12.7. The van der Waals surface area contributed by atoms with Crippen LogP contribution in [0.15, 0.2) is 28.0 Å². The Labute approximate surface area is 177 Å². The number of rotatable bonds is 6. The standard InChI is InChI=1S/C18H18ClN5OS3/c1-3-4-7-28(25)17-14(20)13-10(12-9-22-18(19)24(12)2)8-11(23-16(13)27-17)15-21-5-6-26-15/h5-6,8-9H,3-4,7,20H2,1-2H3. The minimum absolute atomic E-state index is 0.385. The summed E-state index contributed by atoms with van der Waals surface area (Å²) in [4.78, 5) is 14.1. The first-order valence-corrected chi connectivity index (χ1v) is 12.1. The largest absolute Gasteiger partial charge is 0.396 e. The average molecular weight is 452 g/mol. The molecule has 0 aliphatic heterocycles. The fraction of sp³-hybridized carbons (Fsp3) is 0.278. The zero-order valence-electron chi connectivity index (χ0n) is 15.3. The molecule has 1 atom stereocenters. The highest BCUT2D eigenvalue weighted by Crippen LogP contribution is 2.43. The number of unbranched alkanes of at least 4 members (excludes halogenated alkanes) is 1. The van der Waals surface area contributed by atoms with Crippen LogP contribution in [0.4, 0.5) is 5.69 Å². The second kappa shape index (κ2) is 7.90. The van der Waals surface area contributed by atoms with Gasteiger partial charge in [0.1, 0.15) is 19.7 Å². The topological polar surface area (TPSA) is 86.7 Å². The van der Waals surface area contributed by atoms with Gasteiger partial charge in [-0.2, -0.15) is 0 Å². The minimum Gasteiger partial charge on any atom is -0.396 e. The van der Waals surface area contributed by atoms with Crippen LogP contribution in [0.25, 0.3) is 32.2 Å². The number of nitrogens with zero attached hydrogens (tertiary/aromatic N) is 4. The average Bonchev–Trinajstić information content (AvgIpc) is 3.41. The predicted octanol–water partition coefficient (Wildman–Crippen LogP) is 4.96. The van der Waals surface area contributed by atoms with E-state index < -0.39 is 10.8 Å². The number of fused-ring (bicyclic) bond motifs is 1. The maximum Gasteiger partial charge on any atom is 0.202 e. The highest BCUT2D eigenvalue weighted by atomic mass is 35.5. The smallest absolute Gasteiger partial charge is 0.202 e. The van der Waals surface area contributed by atoms with E-state index in [1.807, 2.05) is 18.5 Å². The van der Waals surface area contributed by atoms with Crippen LogP contribution in [-0.4, -0.2) is 29.5 Å². The summed E-state index contributed by atoms with van der Waals surface area (Å²) in [6.07, 6.45) is 5.35. The minimum atomic E-state index is -1.14. The third-order valence-corrected chi connectivity index (χ3v) is 8.56. The zero-order valence-corrected chi connectivity index (χ0v) is 18.5. The molecule has 0 aliphatic carbocycles. The van der Waals surface area contributed by atoms with Crippen molar-refractivity contribution in [1.29, 1.82) is 0 Å². The fourth-order valence-electron chi connectivity index (χ4n) is 2.94. The Hall–Kier alpha value is -1.81. The maximum absolute atomic E-state index is 12.8. The molecule has 0 spiro atoms. The highest BCUT2D eigenvalue weighted by molar-refractivity contribution is 7.87. The molecule has 2 N–H and O–H groups in total. The van der Waals surface area contributed by atoms with Crippen molar-refractivity contribution in [3.05, 3.63) is 29.1 Å². The van der Waals surface area contributed by atoms with E-state index in [1.165, 1.54) is 22.7 Å². The van der Waals surface area contributed by atoms with Crippen LogP contribution < -0.4 is 5.73 Å². The van der Waals surface area contributed by atoms with E-state index in [-0.39, 0.29) is 0 Å². The Kier molecular flexibility index (Phi) is 5.50. The summed E-state index contributed by atoms with van der Waals surface area (Å²) in [6, 6.07) is 1.95. The van der Waals surface area contributed by atoms with Gasteiger partial charge in [0.15, 0.2) is 0 Å². The lowest BCUT2D eigenvalue weighted by Crippen LogP contribution is -1.99. The van der Waals surface area contributed by atoms with Gasteiger partial charge in [0.2, 0.25) is 5.28 Å². The van der Waals surface area contributed by atoms with Gasteiger partial charge < -0.3 is 10.3 Å². The molecule has 1 unspecified atom stereocenters. The number of aromatic nitrogens is 4. The lowest BCUT2D eigenvalue weighted by Gasteiger charge is -2.08. The second-order valence-corrected chi connectivity index (χ2v) is 10.2. The number of imidazole rings is 1. The Morgan fingerprint density at radius 3 is 2.82 bits per heavy atom. The molecule has 0 radical (unpaired) electrons. The quantitative estimate of drug-likeness (QED) is 0.447. The number of nitrogen functional groups attached to an aromatic ring is 1. The van der Waals surface area contributed by atoms with Crippen molar-refractivity contribution in [2.24, 2.45) is 7.05 Å². The highest BCUT2D eigenvalue weighted by Gasteiger charge is 2.22. The molecule has 28 heavy (non-hydrogen) atoms. The molecule has 0 saturated carbocycles. The Morgan fingerprint density at radius 2 is 2.18 bits per heavy atom. The van der Waals surface area contributed by atoms with Crippen LogP contribution in [0.3, 0.4) is 0 Å². The molecule has 0 fully saturated rings. The number of thiazole rings is 1. The molecule has 4 aromatic heterocycles. The first-order chi connectivity index (χ1) is 13.5. The number of anilines is 1. The summed E-state index contributed by atoms with van der Waals surface area (Å²) >= 11 is 9.08. The molecule has 0 saturated heterocycles. The number of pyridine rings is 1. The van der Waals surface area contributed by atoms with Crippen LogP contribution >= 0.6 is 34.3 Å². The van der Waals surface area contributed by atoms with Crippen molar-refractivity contribution in [1.82, 2.24) is 19.5 Å². The number of hydrogen-bond donors (Lipinski definition) is 1. The van der Waals surface area contributed by atoms with E-state index in [0.29, 0.717) is 20.9 Å².